The summed E-state index contributed by atoms with van der Waals surface area (Å²) in [7, 11) is 1.85. The minimum atomic E-state index is -0.590. The summed E-state index contributed by atoms with van der Waals surface area (Å²) < 4.78 is 6.97. The zero-order chi connectivity index (χ0) is 19.4. The van der Waals surface area contributed by atoms with Gasteiger partial charge in [0.25, 0.3) is 17.7 Å². The van der Waals surface area contributed by atoms with E-state index in [1.165, 1.54) is 24.3 Å². The Morgan fingerprint density at radius 2 is 1.67 bits per heavy atom. The molecule has 3 aromatic rings. The monoisotopic (exact) mass is 366 g/mol. The van der Waals surface area contributed by atoms with Crippen LogP contribution in [0.4, 0.5) is 0 Å². The first-order valence-electron chi connectivity index (χ1n) is 8.11. The van der Waals surface area contributed by atoms with Crippen molar-refractivity contribution in [2.75, 3.05) is 6.61 Å². The van der Waals surface area contributed by atoms with Crippen LogP contribution in [0, 0.1) is 0 Å². The number of hydrogen-bond acceptors (Lipinski definition) is 4. The van der Waals surface area contributed by atoms with E-state index in [1.54, 1.807) is 6.20 Å². The second-order valence-electron chi connectivity index (χ2n) is 5.86. The van der Waals surface area contributed by atoms with Gasteiger partial charge in [0.05, 0.1) is 5.56 Å². The van der Waals surface area contributed by atoms with Gasteiger partial charge in [-0.25, -0.2) is 0 Å². The number of aromatic nitrogens is 1. The Balaban J connectivity index is 1.63. The number of hydrazine groups is 1. The molecule has 1 heterocycles. The number of ether oxygens (including phenoxy) is 1. The maximum atomic E-state index is 12.4. The highest BCUT2D eigenvalue weighted by atomic mass is 16.5. The highest BCUT2D eigenvalue weighted by Crippen LogP contribution is 2.20. The van der Waals surface area contributed by atoms with Crippen molar-refractivity contribution in [1.82, 2.24) is 15.4 Å². The largest absolute Gasteiger partial charge is 0.484 e. The molecule has 0 radical (unpaired) electrons. The van der Waals surface area contributed by atoms with Crippen LogP contribution in [0.3, 0.4) is 0 Å². The molecule has 3 amide bonds. The average Bonchev–Trinajstić information content (AvgIpc) is 3.02. The number of fused-ring (bicyclic) bond motifs is 1. The number of benzene rings is 2. The van der Waals surface area contributed by atoms with Crippen LogP contribution >= 0.6 is 0 Å². The van der Waals surface area contributed by atoms with E-state index in [1.807, 2.05) is 35.9 Å². The Bertz CT molecular complexity index is 1010. The van der Waals surface area contributed by atoms with Crippen LogP contribution in [-0.4, -0.2) is 28.9 Å². The van der Waals surface area contributed by atoms with Gasteiger partial charge >= 0.3 is 0 Å². The molecule has 0 aliphatic carbocycles. The van der Waals surface area contributed by atoms with Crippen LogP contribution in [0.15, 0.2) is 54.7 Å². The van der Waals surface area contributed by atoms with Crippen molar-refractivity contribution < 1.29 is 19.1 Å². The summed E-state index contributed by atoms with van der Waals surface area (Å²) in [6, 6.07) is 13.6. The molecule has 8 nitrogen and oxygen atoms in total. The maximum absolute atomic E-state index is 12.4. The van der Waals surface area contributed by atoms with E-state index in [-0.39, 0.29) is 6.61 Å². The predicted octanol–water partition coefficient (Wildman–Crippen LogP) is 1.12. The molecule has 138 valence electrons. The number of aryl methyl sites for hydroxylation is 1. The lowest BCUT2D eigenvalue weighted by molar-refractivity contribution is -0.119. The van der Waals surface area contributed by atoms with Gasteiger partial charge in [-0.05, 0) is 30.3 Å². The van der Waals surface area contributed by atoms with Gasteiger partial charge in [0, 0.05) is 29.7 Å². The molecule has 0 saturated carbocycles. The molecule has 0 spiro atoms. The van der Waals surface area contributed by atoms with E-state index in [0.717, 1.165) is 10.9 Å². The fourth-order valence-electron chi connectivity index (χ4n) is 2.63. The lowest BCUT2D eigenvalue weighted by Crippen LogP contribution is -2.41. The number of nitrogens with one attached hydrogen (secondary N) is 2. The Kier molecular flexibility index (Phi) is 5.07. The lowest BCUT2D eigenvalue weighted by Gasteiger charge is -2.08. The van der Waals surface area contributed by atoms with Gasteiger partial charge in [-0.15, -0.1) is 0 Å². The minimum Gasteiger partial charge on any atom is -0.484 e. The first-order chi connectivity index (χ1) is 13.0. The molecule has 8 heteroatoms. The van der Waals surface area contributed by atoms with Crippen molar-refractivity contribution >= 4 is 28.6 Å². The smallest absolute Gasteiger partial charge is 0.271 e. The molecular formula is C19H18N4O4. The molecule has 0 atom stereocenters. The highest BCUT2D eigenvalue weighted by Gasteiger charge is 2.14. The number of amides is 3. The van der Waals surface area contributed by atoms with Gasteiger partial charge in [0.2, 0.25) is 0 Å². The summed E-state index contributed by atoms with van der Waals surface area (Å²) in [6.45, 7) is -0.243. The van der Waals surface area contributed by atoms with Gasteiger partial charge in [0.15, 0.2) is 6.61 Å². The molecule has 0 fully saturated rings. The summed E-state index contributed by atoms with van der Waals surface area (Å²) in [5, 5.41) is 0.794. The summed E-state index contributed by atoms with van der Waals surface area (Å²) in [4.78, 5) is 35.3. The normalized spacial score (nSPS) is 10.4. The van der Waals surface area contributed by atoms with Crippen molar-refractivity contribution in [1.29, 1.82) is 0 Å². The molecular weight excluding hydrogens is 348 g/mol. The second-order valence-corrected chi connectivity index (χ2v) is 5.86. The molecule has 1 aromatic heterocycles. The van der Waals surface area contributed by atoms with Crippen LogP contribution in [0.1, 0.15) is 20.7 Å². The van der Waals surface area contributed by atoms with Crippen molar-refractivity contribution in [3.05, 3.63) is 65.9 Å². The van der Waals surface area contributed by atoms with Crippen molar-refractivity contribution in [2.24, 2.45) is 12.8 Å². The molecule has 0 saturated heterocycles. The highest BCUT2D eigenvalue weighted by molar-refractivity contribution is 6.08. The van der Waals surface area contributed by atoms with Crippen molar-refractivity contribution in [3.63, 3.8) is 0 Å². The van der Waals surface area contributed by atoms with Gasteiger partial charge < -0.3 is 15.0 Å². The Labute approximate surface area is 154 Å². The molecule has 0 aliphatic heterocycles. The fraction of sp³-hybridized carbons (Fsp3) is 0.105. The SMILES string of the molecule is Cn1cc(C(=O)NNC(=O)c2ccc(OCC(N)=O)cc2)c2ccccc21. The predicted molar refractivity (Wildman–Crippen MR) is 99.0 cm³/mol. The van der Waals surface area contributed by atoms with Crippen LogP contribution in [0.5, 0.6) is 5.75 Å². The molecule has 0 unspecified atom stereocenters. The van der Waals surface area contributed by atoms with E-state index in [0.29, 0.717) is 16.9 Å². The van der Waals surface area contributed by atoms with E-state index in [4.69, 9.17) is 10.5 Å². The molecule has 2 aromatic carbocycles. The third-order valence-electron chi connectivity index (χ3n) is 3.93. The van der Waals surface area contributed by atoms with Gasteiger partial charge in [0.1, 0.15) is 5.75 Å². The standard InChI is InChI=1S/C19H18N4O4/c1-23-10-15(14-4-2-3-5-16(14)23)19(26)22-21-18(25)12-6-8-13(9-7-12)27-11-17(20)24/h2-10H,11H2,1H3,(H2,20,24)(H,21,25)(H,22,26). The fourth-order valence-corrected chi connectivity index (χ4v) is 2.63. The van der Waals surface area contributed by atoms with Crippen molar-refractivity contribution in [2.45, 2.75) is 0 Å². The number of carbonyl (C=O) groups is 3. The van der Waals surface area contributed by atoms with E-state index in [9.17, 15) is 14.4 Å². The number of carbonyl (C=O) groups excluding carboxylic acids is 3. The quantitative estimate of drug-likeness (QED) is 0.587. The lowest BCUT2D eigenvalue weighted by atomic mass is 10.2. The number of primary amides is 1. The third-order valence-corrected chi connectivity index (χ3v) is 3.93. The zero-order valence-corrected chi connectivity index (χ0v) is 14.6. The second kappa shape index (κ2) is 7.61. The van der Waals surface area contributed by atoms with E-state index >= 15 is 0 Å². The molecule has 0 bridgehead atoms. The molecule has 3 rings (SSSR count). The topological polar surface area (TPSA) is 115 Å². The van der Waals surface area contributed by atoms with Crippen LogP contribution < -0.4 is 21.3 Å². The van der Waals surface area contributed by atoms with Gasteiger partial charge in [-0.3, -0.25) is 25.2 Å². The van der Waals surface area contributed by atoms with E-state index < -0.39 is 17.7 Å². The van der Waals surface area contributed by atoms with Crippen LogP contribution in [-0.2, 0) is 11.8 Å². The average molecular weight is 366 g/mol. The summed E-state index contributed by atoms with van der Waals surface area (Å²) in [6.07, 6.45) is 1.71. The zero-order valence-electron chi connectivity index (χ0n) is 14.6. The first kappa shape index (κ1) is 18.0. The maximum Gasteiger partial charge on any atom is 0.271 e. The molecule has 0 aliphatic rings. The number of para-hydroxylation sites is 1. The van der Waals surface area contributed by atoms with Crippen LogP contribution in [0.25, 0.3) is 10.9 Å². The Morgan fingerprint density at radius 3 is 2.37 bits per heavy atom. The summed E-state index contributed by atoms with van der Waals surface area (Å²) in [5.41, 5.74) is 11.5. The Morgan fingerprint density at radius 1 is 1.00 bits per heavy atom. The summed E-state index contributed by atoms with van der Waals surface area (Å²) in [5.74, 6) is -1.08. The molecule has 27 heavy (non-hydrogen) atoms. The minimum absolute atomic E-state index is 0.243. The van der Waals surface area contributed by atoms with Crippen molar-refractivity contribution in [3.8, 4) is 5.75 Å². The number of nitrogens with zero attached hydrogens (tertiary/aromatic N) is 1. The third kappa shape index (κ3) is 4.06. The Hall–Kier alpha value is -3.81. The van der Waals surface area contributed by atoms with Gasteiger partial charge in [-0.1, -0.05) is 18.2 Å². The van der Waals surface area contributed by atoms with E-state index in [2.05, 4.69) is 10.9 Å². The number of hydrogen-bond donors (Lipinski definition) is 3. The van der Waals surface area contributed by atoms with Gasteiger partial charge in [-0.2, -0.15) is 0 Å². The molecule has 4 N–H and O–H groups in total. The summed E-state index contributed by atoms with van der Waals surface area (Å²) >= 11 is 0. The van der Waals surface area contributed by atoms with Crippen LogP contribution in [0.2, 0.25) is 0 Å². The number of nitrogens with two attached hydrogens (primary N) is 1. The first-order valence-corrected chi connectivity index (χ1v) is 8.11. The number of rotatable bonds is 5.